The molecule has 0 fully saturated rings. The van der Waals surface area contributed by atoms with Crippen molar-refractivity contribution in [3.8, 4) is 0 Å². The van der Waals surface area contributed by atoms with Crippen molar-refractivity contribution in [2.45, 2.75) is 6.04 Å². The maximum Gasteiger partial charge on any atom is 0.328 e. The van der Waals surface area contributed by atoms with Crippen molar-refractivity contribution in [3.63, 3.8) is 0 Å². The van der Waals surface area contributed by atoms with E-state index in [0.29, 0.717) is 0 Å². The number of non-ortho nitro benzene ring substituents is 1. The van der Waals surface area contributed by atoms with Crippen LogP contribution in [0.25, 0.3) is 0 Å². The highest BCUT2D eigenvalue weighted by molar-refractivity contribution is 9.10. The Labute approximate surface area is 120 Å². The molecule has 0 saturated heterocycles. The van der Waals surface area contributed by atoms with E-state index in [-0.39, 0.29) is 15.8 Å². The number of aliphatic hydroxyl groups excluding tert-OH is 1. The normalized spacial score (nSPS) is 11.5. The van der Waals surface area contributed by atoms with Crippen molar-refractivity contribution >= 4 is 39.3 Å². The first kappa shape index (κ1) is 15.9. The molecule has 20 heavy (non-hydrogen) atoms. The highest BCUT2D eigenvalue weighted by atomic mass is 79.9. The molecule has 9 nitrogen and oxygen atoms in total. The number of hydrogen-bond acceptors (Lipinski definition) is 5. The van der Waals surface area contributed by atoms with Crippen LogP contribution in [0, 0.1) is 10.1 Å². The number of amides is 2. The molecule has 0 saturated carbocycles. The molecule has 1 aromatic carbocycles. The van der Waals surface area contributed by atoms with Gasteiger partial charge in [0.15, 0.2) is 6.04 Å². The molecule has 10 heteroatoms. The third kappa shape index (κ3) is 4.17. The Morgan fingerprint density at radius 3 is 2.55 bits per heavy atom. The van der Waals surface area contributed by atoms with E-state index in [4.69, 9.17) is 10.2 Å². The number of benzene rings is 1. The molecule has 1 unspecified atom stereocenters. The van der Waals surface area contributed by atoms with Crippen LogP contribution in [0.5, 0.6) is 0 Å². The summed E-state index contributed by atoms with van der Waals surface area (Å²) >= 11 is 3.04. The largest absolute Gasteiger partial charge is 0.480 e. The van der Waals surface area contributed by atoms with Crippen LogP contribution in [0.4, 0.5) is 16.2 Å². The van der Waals surface area contributed by atoms with E-state index in [1.54, 1.807) is 0 Å². The minimum absolute atomic E-state index is 0.165. The number of urea groups is 1. The Hall–Kier alpha value is -2.20. The minimum atomic E-state index is -1.44. The molecule has 0 radical (unpaired) electrons. The molecule has 2 amide bonds. The molecule has 0 aliphatic heterocycles. The van der Waals surface area contributed by atoms with E-state index in [1.807, 2.05) is 5.32 Å². The summed E-state index contributed by atoms with van der Waals surface area (Å²) in [5.74, 6) is -1.38. The van der Waals surface area contributed by atoms with Gasteiger partial charge >= 0.3 is 12.0 Å². The van der Waals surface area contributed by atoms with Crippen molar-refractivity contribution < 1.29 is 24.7 Å². The lowest BCUT2D eigenvalue weighted by Gasteiger charge is -2.13. The van der Waals surface area contributed by atoms with Gasteiger partial charge in [-0.25, -0.2) is 9.59 Å². The van der Waals surface area contributed by atoms with Gasteiger partial charge in [-0.05, 0) is 22.0 Å². The molecule has 0 aliphatic rings. The van der Waals surface area contributed by atoms with Gasteiger partial charge in [0.2, 0.25) is 0 Å². The minimum Gasteiger partial charge on any atom is -0.480 e. The molecule has 0 aromatic heterocycles. The average Bonchev–Trinajstić information content (AvgIpc) is 2.37. The lowest BCUT2D eigenvalue weighted by Crippen LogP contribution is -2.45. The average molecular weight is 348 g/mol. The highest BCUT2D eigenvalue weighted by Gasteiger charge is 2.19. The fourth-order valence-electron chi connectivity index (χ4n) is 1.22. The standard InChI is InChI=1S/C10H10BrN3O6/c11-6-3-5(14(19)20)1-2-7(6)12-10(18)13-8(4-15)9(16)17/h1-3,8,15H,4H2,(H,16,17)(H2,12,13,18). The topological polar surface area (TPSA) is 142 Å². The molecule has 0 spiro atoms. The number of carboxylic acids is 1. The van der Waals surface area contributed by atoms with Gasteiger partial charge in [0.1, 0.15) is 0 Å². The number of nitrogens with zero attached hydrogens (tertiary/aromatic N) is 1. The number of nitrogens with one attached hydrogen (secondary N) is 2. The third-order valence-electron chi connectivity index (χ3n) is 2.20. The van der Waals surface area contributed by atoms with Crippen LogP contribution in [0.1, 0.15) is 0 Å². The number of hydrogen-bond donors (Lipinski definition) is 4. The number of rotatable bonds is 5. The van der Waals surface area contributed by atoms with Crippen LogP contribution in [0.15, 0.2) is 22.7 Å². The van der Waals surface area contributed by atoms with Crippen molar-refractivity contribution in [2.24, 2.45) is 0 Å². The van der Waals surface area contributed by atoms with E-state index in [9.17, 15) is 19.7 Å². The van der Waals surface area contributed by atoms with Crippen LogP contribution in [0.2, 0.25) is 0 Å². The lowest BCUT2D eigenvalue weighted by molar-refractivity contribution is -0.384. The molecule has 1 rings (SSSR count). The maximum absolute atomic E-state index is 11.5. The summed E-state index contributed by atoms with van der Waals surface area (Å²) < 4.78 is 0.262. The first-order valence-electron chi connectivity index (χ1n) is 5.20. The van der Waals surface area contributed by atoms with Gasteiger partial charge in [-0.15, -0.1) is 0 Å². The highest BCUT2D eigenvalue weighted by Crippen LogP contribution is 2.26. The number of aliphatic hydroxyl groups is 1. The molecule has 0 bridgehead atoms. The summed E-state index contributed by atoms with van der Waals surface area (Å²) in [6.07, 6.45) is 0. The zero-order valence-electron chi connectivity index (χ0n) is 9.87. The van der Waals surface area contributed by atoms with E-state index in [0.717, 1.165) is 0 Å². The SMILES string of the molecule is O=C(Nc1ccc([N+](=O)[O-])cc1Br)NC(CO)C(=O)O. The Morgan fingerprint density at radius 2 is 2.10 bits per heavy atom. The predicted molar refractivity (Wildman–Crippen MR) is 71.5 cm³/mol. The van der Waals surface area contributed by atoms with Crippen LogP contribution < -0.4 is 10.6 Å². The summed E-state index contributed by atoms with van der Waals surface area (Å²) in [5.41, 5.74) is 0.0526. The molecule has 1 atom stereocenters. The van der Waals surface area contributed by atoms with Gasteiger partial charge in [-0.2, -0.15) is 0 Å². The third-order valence-corrected chi connectivity index (χ3v) is 2.85. The summed E-state index contributed by atoms with van der Waals surface area (Å²) in [5, 5.41) is 32.3. The van der Waals surface area contributed by atoms with E-state index < -0.39 is 29.6 Å². The smallest absolute Gasteiger partial charge is 0.328 e. The van der Waals surface area contributed by atoms with Crippen LogP contribution in [-0.2, 0) is 4.79 Å². The Balaban J connectivity index is 2.76. The van der Waals surface area contributed by atoms with Gasteiger partial charge in [-0.1, -0.05) is 0 Å². The number of carbonyl (C=O) groups is 2. The fourth-order valence-corrected chi connectivity index (χ4v) is 1.69. The quantitative estimate of drug-likeness (QED) is 0.461. The Morgan fingerprint density at radius 1 is 1.45 bits per heavy atom. The Bertz CT molecular complexity index is 550. The molecular formula is C10H10BrN3O6. The van der Waals surface area contributed by atoms with Gasteiger partial charge in [0.05, 0.1) is 17.2 Å². The van der Waals surface area contributed by atoms with Crippen molar-refractivity contribution in [1.29, 1.82) is 0 Å². The second kappa shape index (κ2) is 6.82. The van der Waals surface area contributed by atoms with Crippen LogP contribution in [-0.4, -0.2) is 39.8 Å². The summed E-state index contributed by atoms with van der Waals surface area (Å²) in [6, 6.07) is 1.36. The van der Waals surface area contributed by atoms with Gasteiger partial charge in [-0.3, -0.25) is 10.1 Å². The zero-order chi connectivity index (χ0) is 15.3. The van der Waals surface area contributed by atoms with Crippen molar-refractivity contribution in [1.82, 2.24) is 5.32 Å². The van der Waals surface area contributed by atoms with Crippen molar-refractivity contribution in [3.05, 3.63) is 32.8 Å². The number of carboxylic acid groups (broad SMARTS) is 1. The Kier molecular flexibility index (Phi) is 5.41. The first-order valence-corrected chi connectivity index (χ1v) is 5.99. The van der Waals surface area contributed by atoms with E-state index >= 15 is 0 Å². The zero-order valence-corrected chi connectivity index (χ0v) is 11.5. The number of carbonyl (C=O) groups excluding carboxylic acids is 1. The number of aliphatic carboxylic acids is 1. The van der Waals surface area contributed by atoms with Gasteiger partial charge in [0.25, 0.3) is 5.69 Å². The maximum atomic E-state index is 11.5. The van der Waals surface area contributed by atoms with Gasteiger partial charge < -0.3 is 20.8 Å². The lowest BCUT2D eigenvalue weighted by atomic mass is 10.3. The number of nitro groups is 1. The second-order valence-electron chi connectivity index (χ2n) is 3.59. The monoisotopic (exact) mass is 347 g/mol. The summed E-state index contributed by atoms with van der Waals surface area (Å²) in [7, 11) is 0. The fraction of sp³-hybridized carbons (Fsp3) is 0.200. The number of anilines is 1. The number of halogens is 1. The first-order chi connectivity index (χ1) is 9.35. The second-order valence-corrected chi connectivity index (χ2v) is 4.45. The molecule has 1 aromatic rings. The van der Waals surface area contributed by atoms with Crippen LogP contribution in [0.3, 0.4) is 0 Å². The number of nitro benzene ring substituents is 1. The van der Waals surface area contributed by atoms with E-state index in [2.05, 4.69) is 21.2 Å². The van der Waals surface area contributed by atoms with E-state index in [1.165, 1.54) is 18.2 Å². The molecular weight excluding hydrogens is 338 g/mol. The molecule has 4 N–H and O–H groups in total. The molecule has 0 heterocycles. The van der Waals surface area contributed by atoms with Crippen LogP contribution >= 0.6 is 15.9 Å². The van der Waals surface area contributed by atoms with Crippen molar-refractivity contribution in [2.75, 3.05) is 11.9 Å². The predicted octanol–water partition coefficient (Wildman–Crippen LogP) is 0.924. The summed E-state index contributed by atoms with van der Waals surface area (Å²) in [4.78, 5) is 32.1. The summed E-state index contributed by atoms with van der Waals surface area (Å²) in [6.45, 7) is -0.760. The molecule has 108 valence electrons. The molecule has 0 aliphatic carbocycles. The van der Waals surface area contributed by atoms with Gasteiger partial charge in [0, 0.05) is 16.6 Å².